The third-order valence-electron chi connectivity index (χ3n) is 6.74. The number of hydrogen-bond donors (Lipinski definition) is 1. The molecule has 2 aromatic rings. The van der Waals surface area contributed by atoms with Crippen molar-refractivity contribution in [3.63, 3.8) is 0 Å². The fourth-order valence-electron chi connectivity index (χ4n) is 5.36. The van der Waals surface area contributed by atoms with Crippen molar-refractivity contribution in [3.8, 4) is 0 Å². The van der Waals surface area contributed by atoms with Gasteiger partial charge in [-0.3, -0.25) is 4.79 Å². The van der Waals surface area contributed by atoms with Crippen molar-refractivity contribution in [2.24, 2.45) is 11.7 Å². The molecule has 1 amide bonds. The standard InChI is InChI=1S/C23H28N2O/c1-25-20-12-13-21(25)15-17(14-20)16-23(22(24)26,18-8-4-2-5-9-18)19-10-6-3-7-11-19/h2-11,17,20-21H,12-16H2,1H3,(H2,24,26). The second kappa shape index (κ2) is 6.88. The Kier molecular flexibility index (Phi) is 4.58. The summed E-state index contributed by atoms with van der Waals surface area (Å²) < 4.78 is 0. The van der Waals surface area contributed by atoms with Crippen molar-refractivity contribution in [2.45, 2.75) is 49.6 Å². The number of benzene rings is 2. The van der Waals surface area contributed by atoms with E-state index in [9.17, 15) is 4.79 Å². The number of nitrogens with zero attached hydrogens (tertiary/aromatic N) is 1. The third-order valence-corrected chi connectivity index (χ3v) is 6.74. The topological polar surface area (TPSA) is 46.3 Å². The second-order valence-corrected chi connectivity index (χ2v) is 8.09. The van der Waals surface area contributed by atoms with Crippen molar-refractivity contribution in [1.29, 1.82) is 0 Å². The fraction of sp³-hybridized carbons (Fsp3) is 0.435. The Labute approximate surface area is 156 Å². The molecule has 2 unspecified atom stereocenters. The molecule has 0 saturated carbocycles. The number of primary amides is 1. The Morgan fingerprint density at radius 2 is 1.42 bits per heavy atom. The molecule has 0 aromatic heterocycles. The van der Waals surface area contributed by atoms with Crippen LogP contribution in [0.3, 0.4) is 0 Å². The van der Waals surface area contributed by atoms with Crippen molar-refractivity contribution in [2.75, 3.05) is 7.05 Å². The molecule has 3 nitrogen and oxygen atoms in total. The SMILES string of the molecule is CN1C2CCC1CC(CC(C(N)=O)(c1ccccc1)c1ccccc1)C2. The van der Waals surface area contributed by atoms with Crippen LogP contribution in [-0.2, 0) is 10.2 Å². The summed E-state index contributed by atoms with van der Waals surface area (Å²) in [6, 6.07) is 21.6. The lowest BCUT2D eigenvalue weighted by Crippen LogP contribution is -2.47. The van der Waals surface area contributed by atoms with Crippen LogP contribution in [0.1, 0.15) is 43.2 Å². The number of carbonyl (C=O) groups is 1. The molecule has 0 spiro atoms. The van der Waals surface area contributed by atoms with Gasteiger partial charge in [0.05, 0.1) is 5.41 Å². The Morgan fingerprint density at radius 1 is 0.962 bits per heavy atom. The van der Waals surface area contributed by atoms with E-state index in [4.69, 9.17) is 5.73 Å². The molecule has 0 radical (unpaired) electrons. The van der Waals surface area contributed by atoms with Gasteiger partial charge in [0.15, 0.2) is 0 Å². The summed E-state index contributed by atoms with van der Waals surface area (Å²) in [4.78, 5) is 15.5. The summed E-state index contributed by atoms with van der Waals surface area (Å²) >= 11 is 0. The smallest absolute Gasteiger partial charge is 0.232 e. The van der Waals surface area contributed by atoms with Crippen LogP contribution in [0, 0.1) is 5.92 Å². The largest absolute Gasteiger partial charge is 0.369 e. The molecule has 2 fully saturated rings. The summed E-state index contributed by atoms with van der Waals surface area (Å²) in [5.41, 5.74) is 7.41. The van der Waals surface area contributed by atoms with Gasteiger partial charge in [-0.25, -0.2) is 0 Å². The van der Waals surface area contributed by atoms with Crippen molar-refractivity contribution in [3.05, 3.63) is 71.8 Å². The molecule has 2 aliphatic rings. The molecule has 0 aliphatic carbocycles. The maximum absolute atomic E-state index is 13.0. The van der Waals surface area contributed by atoms with Crippen LogP contribution >= 0.6 is 0 Å². The molecule has 4 rings (SSSR count). The third kappa shape index (κ3) is 2.84. The van der Waals surface area contributed by atoms with E-state index in [1.165, 1.54) is 25.7 Å². The Morgan fingerprint density at radius 3 is 1.85 bits per heavy atom. The van der Waals surface area contributed by atoms with Crippen LogP contribution in [-0.4, -0.2) is 29.9 Å². The Balaban J connectivity index is 1.75. The van der Waals surface area contributed by atoms with Crippen molar-refractivity contribution < 1.29 is 4.79 Å². The summed E-state index contributed by atoms with van der Waals surface area (Å²) in [7, 11) is 2.26. The number of fused-ring (bicyclic) bond motifs is 2. The van der Waals surface area contributed by atoms with Crippen LogP contribution in [0.5, 0.6) is 0 Å². The maximum Gasteiger partial charge on any atom is 0.232 e. The zero-order valence-corrected chi connectivity index (χ0v) is 15.5. The summed E-state index contributed by atoms with van der Waals surface area (Å²) in [5, 5.41) is 0. The van der Waals surface area contributed by atoms with E-state index in [2.05, 4.69) is 36.2 Å². The lowest BCUT2D eigenvalue weighted by Gasteiger charge is -2.41. The van der Waals surface area contributed by atoms with Crippen LogP contribution < -0.4 is 5.73 Å². The highest BCUT2D eigenvalue weighted by Crippen LogP contribution is 2.45. The van der Waals surface area contributed by atoms with E-state index < -0.39 is 5.41 Å². The number of hydrogen-bond acceptors (Lipinski definition) is 2. The summed E-state index contributed by atoms with van der Waals surface area (Å²) in [6.07, 6.45) is 5.72. The number of carbonyl (C=O) groups excluding carboxylic acids is 1. The predicted molar refractivity (Wildman–Crippen MR) is 105 cm³/mol. The van der Waals surface area contributed by atoms with Gasteiger partial charge in [0, 0.05) is 12.1 Å². The molecular formula is C23H28N2O. The molecule has 2 N–H and O–H groups in total. The minimum absolute atomic E-state index is 0.235. The highest BCUT2D eigenvalue weighted by Gasteiger charge is 2.46. The quantitative estimate of drug-likeness (QED) is 0.895. The van der Waals surface area contributed by atoms with Crippen LogP contribution in [0.4, 0.5) is 0 Å². The number of rotatable bonds is 5. The fourth-order valence-corrected chi connectivity index (χ4v) is 5.36. The first-order valence-electron chi connectivity index (χ1n) is 9.74. The minimum Gasteiger partial charge on any atom is -0.369 e. The zero-order valence-electron chi connectivity index (χ0n) is 15.5. The summed E-state index contributed by atoms with van der Waals surface area (Å²) in [6.45, 7) is 0. The van der Waals surface area contributed by atoms with Gasteiger partial charge in [-0.15, -0.1) is 0 Å². The zero-order chi connectivity index (χ0) is 18.1. The first kappa shape index (κ1) is 17.3. The molecule has 26 heavy (non-hydrogen) atoms. The molecule has 2 aromatic carbocycles. The lowest BCUT2D eigenvalue weighted by atomic mass is 9.66. The summed E-state index contributed by atoms with van der Waals surface area (Å²) in [5.74, 6) is 0.290. The van der Waals surface area contributed by atoms with Gasteiger partial charge < -0.3 is 10.6 Å². The van der Waals surface area contributed by atoms with E-state index >= 15 is 0 Å². The average Bonchev–Trinajstić information content (AvgIpc) is 2.88. The molecule has 2 atom stereocenters. The molecule has 136 valence electrons. The van der Waals surface area contributed by atoms with Gasteiger partial charge in [0.25, 0.3) is 0 Å². The van der Waals surface area contributed by atoms with E-state index in [1.54, 1.807) is 0 Å². The molecule has 2 saturated heterocycles. The van der Waals surface area contributed by atoms with E-state index in [-0.39, 0.29) is 5.91 Å². The number of nitrogens with two attached hydrogens (primary N) is 1. The highest BCUT2D eigenvalue weighted by atomic mass is 16.1. The van der Waals surface area contributed by atoms with Crippen LogP contribution in [0.25, 0.3) is 0 Å². The Bertz CT molecular complexity index is 705. The molecular weight excluding hydrogens is 320 g/mol. The molecule has 3 heteroatoms. The Hall–Kier alpha value is -2.13. The van der Waals surface area contributed by atoms with Crippen LogP contribution in [0.2, 0.25) is 0 Å². The molecule has 2 bridgehead atoms. The van der Waals surface area contributed by atoms with Gasteiger partial charge >= 0.3 is 0 Å². The van der Waals surface area contributed by atoms with E-state index in [0.717, 1.165) is 17.5 Å². The van der Waals surface area contributed by atoms with E-state index in [1.807, 2.05) is 36.4 Å². The van der Waals surface area contributed by atoms with Gasteiger partial charge in [-0.05, 0) is 56.2 Å². The lowest BCUT2D eigenvalue weighted by molar-refractivity contribution is -0.123. The molecule has 2 aliphatic heterocycles. The monoisotopic (exact) mass is 348 g/mol. The van der Waals surface area contributed by atoms with Gasteiger partial charge in [-0.2, -0.15) is 0 Å². The van der Waals surface area contributed by atoms with Gasteiger partial charge in [0.1, 0.15) is 0 Å². The maximum atomic E-state index is 13.0. The van der Waals surface area contributed by atoms with Crippen molar-refractivity contribution in [1.82, 2.24) is 4.90 Å². The normalized spacial score (nSPS) is 26.0. The highest BCUT2D eigenvalue weighted by molar-refractivity contribution is 5.90. The first-order chi connectivity index (χ1) is 12.6. The number of amides is 1. The predicted octanol–water partition coefficient (Wildman–Crippen LogP) is 3.72. The average molecular weight is 348 g/mol. The van der Waals surface area contributed by atoms with Gasteiger partial charge in [-0.1, -0.05) is 60.7 Å². The molecule has 2 heterocycles. The van der Waals surface area contributed by atoms with Gasteiger partial charge in [0.2, 0.25) is 5.91 Å². The number of piperidine rings is 1. The minimum atomic E-state index is -0.747. The van der Waals surface area contributed by atoms with Crippen molar-refractivity contribution >= 4 is 5.91 Å². The van der Waals surface area contributed by atoms with E-state index in [0.29, 0.717) is 18.0 Å². The first-order valence-corrected chi connectivity index (χ1v) is 9.74. The second-order valence-electron chi connectivity index (χ2n) is 8.09. The van der Waals surface area contributed by atoms with Crippen LogP contribution in [0.15, 0.2) is 60.7 Å².